The highest BCUT2D eigenvalue weighted by Crippen LogP contribution is 2.38. The lowest BCUT2D eigenvalue weighted by Crippen LogP contribution is -2.36. The Hall–Kier alpha value is -3.43. The van der Waals surface area contributed by atoms with Crippen molar-refractivity contribution in [3.8, 4) is 16.9 Å². The number of rotatable bonds is 6. The summed E-state index contributed by atoms with van der Waals surface area (Å²) in [5, 5.41) is 14.6. The van der Waals surface area contributed by atoms with Gasteiger partial charge < -0.3 is 19.5 Å². The summed E-state index contributed by atoms with van der Waals surface area (Å²) in [4.78, 5) is 18.6. The fourth-order valence-corrected chi connectivity index (χ4v) is 5.18. The molecule has 0 unspecified atom stereocenters. The van der Waals surface area contributed by atoms with Crippen LogP contribution in [0, 0.1) is 6.92 Å². The highest BCUT2D eigenvalue weighted by Gasteiger charge is 2.20. The number of thiazole rings is 1. The van der Waals surface area contributed by atoms with Crippen LogP contribution in [0.15, 0.2) is 42.5 Å². The number of carboxylic acid groups (broad SMARTS) is 1. The lowest BCUT2D eigenvalue weighted by molar-refractivity contribution is 0.0689. The summed E-state index contributed by atoms with van der Waals surface area (Å²) in [7, 11) is 1.67. The lowest BCUT2D eigenvalue weighted by Gasteiger charge is -2.25. The van der Waals surface area contributed by atoms with Gasteiger partial charge in [0, 0.05) is 29.9 Å². The summed E-state index contributed by atoms with van der Waals surface area (Å²) >= 11 is 1.66. The molecule has 0 aliphatic carbocycles. The van der Waals surface area contributed by atoms with E-state index in [1.54, 1.807) is 29.2 Å². The average molecular weight is 465 g/mol. The molecule has 170 valence electrons. The molecule has 3 heterocycles. The number of benzene rings is 2. The number of hydrogen-bond acceptors (Lipinski definition) is 7. The Morgan fingerprint density at radius 1 is 1.21 bits per heavy atom. The molecule has 0 saturated carbocycles. The van der Waals surface area contributed by atoms with Gasteiger partial charge in [0.1, 0.15) is 5.75 Å². The van der Waals surface area contributed by atoms with Gasteiger partial charge in [-0.15, -0.1) is 0 Å². The van der Waals surface area contributed by atoms with Crippen molar-refractivity contribution >= 4 is 32.7 Å². The van der Waals surface area contributed by atoms with E-state index in [0.717, 1.165) is 56.6 Å². The number of carboxylic acids is 1. The Balaban J connectivity index is 1.64. The van der Waals surface area contributed by atoms with Crippen LogP contribution in [0.4, 0.5) is 5.13 Å². The van der Waals surface area contributed by atoms with Gasteiger partial charge in [-0.05, 0) is 36.8 Å². The molecule has 0 radical (unpaired) electrons. The average Bonchev–Trinajstić information content (AvgIpc) is 3.43. The Labute approximate surface area is 195 Å². The summed E-state index contributed by atoms with van der Waals surface area (Å²) in [5.74, 6) is -0.239. The summed E-state index contributed by atoms with van der Waals surface area (Å²) in [5.41, 5.74) is 4.73. The van der Waals surface area contributed by atoms with Gasteiger partial charge in [-0.3, -0.25) is 4.68 Å². The van der Waals surface area contributed by atoms with Crippen LogP contribution in [-0.2, 0) is 11.3 Å². The molecule has 1 saturated heterocycles. The van der Waals surface area contributed by atoms with E-state index in [4.69, 9.17) is 14.5 Å². The second-order valence-electron chi connectivity index (χ2n) is 7.91. The third kappa shape index (κ3) is 4.17. The summed E-state index contributed by atoms with van der Waals surface area (Å²) < 4.78 is 13.9. The van der Waals surface area contributed by atoms with Crippen molar-refractivity contribution < 1.29 is 19.4 Å². The molecule has 9 heteroatoms. The highest BCUT2D eigenvalue weighted by molar-refractivity contribution is 7.22. The summed E-state index contributed by atoms with van der Waals surface area (Å²) in [6, 6.07) is 13.8. The van der Waals surface area contributed by atoms with Crippen LogP contribution < -0.4 is 9.64 Å². The van der Waals surface area contributed by atoms with Crippen molar-refractivity contribution in [2.24, 2.45) is 0 Å². The van der Waals surface area contributed by atoms with Gasteiger partial charge in [-0.1, -0.05) is 29.5 Å². The maximum Gasteiger partial charge on any atom is 0.356 e. The maximum atomic E-state index is 11.4. The molecule has 0 spiro atoms. The SMILES string of the molecule is COc1ccccc1-c1cc(Cn2nc(C(=O)O)cc2C)c2nc(N3CCOCC3)sc2c1. The van der Waals surface area contributed by atoms with Crippen LogP contribution in [0.3, 0.4) is 0 Å². The van der Waals surface area contributed by atoms with Gasteiger partial charge in [0.25, 0.3) is 0 Å². The fourth-order valence-electron chi connectivity index (χ4n) is 4.07. The Morgan fingerprint density at radius 3 is 2.73 bits per heavy atom. The number of anilines is 1. The van der Waals surface area contributed by atoms with Crippen molar-refractivity contribution in [2.75, 3.05) is 38.3 Å². The highest BCUT2D eigenvalue weighted by atomic mass is 32.1. The van der Waals surface area contributed by atoms with E-state index in [2.05, 4.69) is 22.1 Å². The van der Waals surface area contributed by atoms with Crippen molar-refractivity contribution in [3.05, 3.63) is 59.4 Å². The topological polar surface area (TPSA) is 89.7 Å². The number of nitrogens with zero attached hydrogens (tertiary/aromatic N) is 4. The first-order valence-corrected chi connectivity index (χ1v) is 11.5. The zero-order valence-electron chi connectivity index (χ0n) is 18.4. The first-order chi connectivity index (χ1) is 16.0. The number of aromatic carboxylic acids is 1. The Morgan fingerprint density at radius 2 is 2.00 bits per heavy atom. The number of para-hydroxylation sites is 1. The maximum absolute atomic E-state index is 11.4. The number of aromatic nitrogens is 3. The molecule has 33 heavy (non-hydrogen) atoms. The molecule has 2 aromatic carbocycles. The molecule has 2 aromatic heterocycles. The quantitative estimate of drug-likeness (QED) is 0.460. The first-order valence-electron chi connectivity index (χ1n) is 10.7. The van der Waals surface area contributed by atoms with Crippen molar-refractivity contribution in [1.82, 2.24) is 14.8 Å². The third-order valence-corrected chi connectivity index (χ3v) is 6.85. The molecule has 1 aliphatic heterocycles. The monoisotopic (exact) mass is 464 g/mol. The zero-order valence-corrected chi connectivity index (χ0v) is 19.3. The number of morpholine rings is 1. The minimum atomic E-state index is -1.03. The van der Waals surface area contributed by atoms with E-state index in [0.29, 0.717) is 19.8 Å². The number of aryl methyl sites for hydroxylation is 1. The van der Waals surface area contributed by atoms with Gasteiger partial charge in [0.15, 0.2) is 10.8 Å². The molecule has 8 nitrogen and oxygen atoms in total. The molecule has 0 atom stereocenters. The molecule has 1 aliphatic rings. The van der Waals surface area contributed by atoms with E-state index < -0.39 is 5.97 Å². The minimum Gasteiger partial charge on any atom is -0.496 e. The molecular weight excluding hydrogens is 440 g/mol. The Bertz CT molecular complexity index is 1320. The van der Waals surface area contributed by atoms with Crippen molar-refractivity contribution in [2.45, 2.75) is 13.5 Å². The largest absolute Gasteiger partial charge is 0.496 e. The minimum absolute atomic E-state index is 0.0388. The lowest BCUT2D eigenvalue weighted by atomic mass is 10.0. The van der Waals surface area contributed by atoms with Crippen LogP contribution in [0.5, 0.6) is 5.75 Å². The predicted molar refractivity (Wildman–Crippen MR) is 128 cm³/mol. The number of fused-ring (bicyclic) bond motifs is 1. The van der Waals surface area contributed by atoms with Crippen LogP contribution in [0.25, 0.3) is 21.3 Å². The summed E-state index contributed by atoms with van der Waals surface area (Å²) in [6.07, 6.45) is 0. The molecule has 1 N–H and O–H groups in total. The van der Waals surface area contributed by atoms with Crippen LogP contribution in [-0.4, -0.2) is 59.3 Å². The fraction of sp³-hybridized carbons (Fsp3) is 0.292. The zero-order chi connectivity index (χ0) is 22.9. The second-order valence-corrected chi connectivity index (χ2v) is 8.92. The van der Waals surface area contributed by atoms with E-state index in [1.165, 1.54) is 0 Å². The number of carbonyl (C=O) groups is 1. The molecule has 0 bridgehead atoms. The van der Waals surface area contributed by atoms with Crippen LogP contribution in [0.1, 0.15) is 21.7 Å². The molecular formula is C24H24N4O4S. The van der Waals surface area contributed by atoms with Gasteiger partial charge in [0.2, 0.25) is 0 Å². The predicted octanol–water partition coefficient (Wildman–Crippen LogP) is 4.06. The number of ether oxygens (including phenoxy) is 2. The van der Waals surface area contributed by atoms with Crippen LogP contribution >= 0.6 is 11.3 Å². The van der Waals surface area contributed by atoms with Crippen molar-refractivity contribution in [3.63, 3.8) is 0 Å². The molecule has 5 rings (SSSR count). The number of methoxy groups -OCH3 is 1. The smallest absolute Gasteiger partial charge is 0.356 e. The Kier molecular flexibility index (Phi) is 5.74. The molecule has 4 aromatic rings. The standard InChI is InChI=1S/C24H24N4O4S/c1-15-11-19(23(29)30)26-28(15)14-17-12-16(18-5-3-4-6-20(18)31-2)13-21-22(17)25-24(33-21)27-7-9-32-10-8-27/h3-6,11-13H,7-10,14H2,1-2H3,(H,29,30). The van der Waals surface area contributed by atoms with Gasteiger partial charge in [-0.2, -0.15) is 5.10 Å². The van der Waals surface area contributed by atoms with E-state index in [1.807, 2.05) is 31.2 Å². The second kappa shape index (κ2) is 8.84. The molecule has 0 amide bonds. The van der Waals surface area contributed by atoms with E-state index in [9.17, 15) is 9.90 Å². The molecule has 1 fully saturated rings. The van der Waals surface area contributed by atoms with Crippen molar-refractivity contribution in [1.29, 1.82) is 0 Å². The first kappa shape index (κ1) is 21.4. The third-order valence-electron chi connectivity index (χ3n) is 5.78. The van der Waals surface area contributed by atoms with Gasteiger partial charge >= 0.3 is 5.97 Å². The van der Waals surface area contributed by atoms with E-state index >= 15 is 0 Å². The normalized spacial score (nSPS) is 14.1. The van der Waals surface area contributed by atoms with Crippen LogP contribution in [0.2, 0.25) is 0 Å². The van der Waals surface area contributed by atoms with Gasteiger partial charge in [0.05, 0.1) is 37.1 Å². The van der Waals surface area contributed by atoms with E-state index in [-0.39, 0.29) is 5.69 Å². The number of hydrogen-bond donors (Lipinski definition) is 1. The summed E-state index contributed by atoms with van der Waals surface area (Å²) in [6.45, 7) is 5.30. The van der Waals surface area contributed by atoms with Gasteiger partial charge in [-0.25, -0.2) is 9.78 Å².